The van der Waals surface area contributed by atoms with Crippen molar-refractivity contribution < 1.29 is 53.3 Å². The van der Waals surface area contributed by atoms with Crippen LogP contribution in [0.5, 0.6) is 5.75 Å². The number of amides is 7. The Labute approximate surface area is 402 Å². The number of guanidine groups is 1. The minimum atomic E-state index is -1.36. The zero-order valence-electron chi connectivity index (χ0n) is 40.6. The molecule has 1 saturated heterocycles. The van der Waals surface area contributed by atoms with E-state index in [1.807, 2.05) is 13.8 Å². The summed E-state index contributed by atoms with van der Waals surface area (Å²) in [5, 5.41) is 35.5. The van der Waals surface area contributed by atoms with Crippen molar-refractivity contribution in [1.29, 1.82) is 0 Å². The summed E-state index contributed by atoms with van der Waals surface area (Å²) < 4.78 is 4.94. The molecule has 2 heterocycles. The number of aliphatic hydroxyl groups excluding tert-OH is 1. The molecule has 3 rings (SSSR count). The van der Waals surface area contributed by atoms with Crippen molar-refractivity contribution in [3.05, 3.63) is 48.0 Å². The van der Waals surface area contributed by atoms with E-state index in [2.05, 4.69) is 46.9 Å². The maximum atomic E-state index is 14.5. The van der Waals surface area contributed by atoms with E-state index in [1.165, 1.54) is 36.7 Å². The second-order valence-electron chi connectivity index (χ2n) is 17.7. The molecule has 1 aromatic carbocycles. The minimum Gasteiger partial charge on any atom is -0.508 e. The first kappa shape index (κ1) is 56.5. The number of ether oxygens (including phenoxy) is 1. The second-order valence-corrected chi connectivity index (χ2v) is 17.7. The molecule has 2 unspecified atom stereocenters. The highest BCUT2D eigenvalue weighted by Crippen LogP contribution is 2.22. The van der Waals surface area contributed by atoms with Crippen molar-refractivity contribution in [3.63, 3.8) is 0 Å². The number of likely N-dealkylation sites (tertiary alicyclic amines) is 1. The van der Waals surface area contributed by atoms with Gasteiger partial charge in [0.15, 0.2) is 5.96 Å². The quantitative estimate of drug-likeness (QED) is 0.0216. The van der Waals surface area contributed by atoms with Gasteiger partial charge < -0.3 is 68.2 Å². The Morgan fingerprint density at radius 3 is 2.00 bits per heavy atom. The molecule has 23 nitrogen and oxygen atoms in total. The number of aliphatic hydroxyl groups is 1. The predicted molar refractivity (Wildman–Crippen MR) is 253 cm³/mol. The molecule has 23 heteroatoms. The average Bonchev–Trinajstić information content (AvgIpc) is 4.04. The Balaban J connectivity index is 1.93. The lowest BCUT2D eigenvalue weighted by atomic mass is 9.96. The minimum absolute atomic E-state index is 0.0439. The predicted octanol–water partition coefficient (Wildman–Crippen LogP) is -1.23. The normalized spacial score (nSPS) is 16.8. The van der Waals surface area contributed by atoms with E-state index in [-0.39, 0.29) is 56.4 Å². The number of nitrogens with zero attached hydrogens (tertiary/aromatic N) is 3. The molecular weight excluding hydrogens is 897 g/mol. The van der Waals surface area contributed by atoms with E-state index in [9.17, 15) is 48.6 Å². The van der Waals surface area contributed by atoms with Gasteiger partial charge in [0.2, 0.25) is 41.4 Å². The molecule has 1 aromatic heterocycles. The fourth-order valence-electron chi connectivity index (χ4n) is 7.72. The molecule has 0 radical (unpaired) electrons. The lowest BCUT2D eigenvalue weighted by Gasteiger charge is -2.32. The molecule has 0 saturated carbocycles. The van der Waals surface area contributed by atoms with Gasteiger partial charge in [-0.25, -0.2) is 9.78 Å². The second kappa shape index (κ2) is 27.9. The van der Waals surface area contributed by atoms with Crippen molar-refractivity contribution in [2.24, 2.45) is 34.2 Å². The van der Waals surface area contributed by atoms with Gasteiger partial charge in [0.25, 0.3) is 0 Å². The number of esters is 1. The third-order valence-electron chi connectivity index (χ3n) is 12.2. The number of methoxy groups -OCH3 is 1. The van der Waals surface area contributed by atoms with E-state index in [4.69, 9.17) is 16.2 Å². The Bertz CT molecular complexity index is 2060. The number of aromatic nitrogens is 2. The molecule has 2 aromatic rings. The molecule has 0 spiro atoms. The first-order valence-electron chi connectivity index (χ1n) is 23.4. The highest BCUT2D eigenvalue weighted by atomic mass is 16.5. The van der Waals surface area contributed by atoms with Gasteiger partial charge in [-0.2, -0.15) is 0 Å². The van der Waals surface area contributed by atoms with Crippen LogP contribution in [0.15, 0.2) is 41.8 Å². The van der Waals surface area contributed by atoms with Gasteiger partial charge >= 0.3 is 5.97 Å². The standard InChI is InChI=1S/C46H72N12O11/c1-8-26(5)37(43(66)54-33(21-29-22-49-24-51-29)44(67)58-19-11-13-34(58)41(64)57-38(27(6)9-2)45(68)69-7)56-40(63)32(20-28-14-16-30(60)17-15-28)53-42(65)36(25(3)4)55-39(62)31(52-35(61)23-59)12-10-18-50-46(47)48/h14-17,22,24-27,31-34,36-38,59-60H,8-13,18-21,23H2,1-7H3,(H,49,51)(H,52,61)(H,53,65)(H,54,66)(H,55,62)(H,56,63)(H,57,64)(H4,47,48,50)/t26?,27?,31-,32-,33-,34-,36-,37-,38-/m0/s1. The molecule has 382 valence electrons. The number of aromatic hydroxyl groups is 1. The van der Waals surface area contributed by atoms with Crippen LogP contribution in [0.3, 0.4) is 0 Å². The zero-order chi connectivity index (χ0) is 51.4. The maximum Gasteiger partial charge on any atom is 0.328 e. The summed E-state index contributed by atoms with van der Waals surface area (Å²) in [7, 11) is 1.23. The number of hydrogen-bond donors (Lipinski definition) is 11. The van der Waals surface area contributed by atoms with Crippen LogP contribution in [0.25, 0.3) is 0 Å². The number of carbonyl (C=O) groups is 8. The summed E-state index contributed by atoms with van der Waals surface area (Å²) in [6.45, 7) is 9.96. The number of phenolic OH excluding ortho intramolecular Hbond substituents is 1. The van der Waals surface area contributed by atoms with Crippen molar-refractivity contribution >= 4 is 53.3 Å². The number of nitrogens with two attached hydrogens (primary N) is 2. The van der Waals surface area contributed by atoms with Crippen LogP contribution in [-0.2, 0) is 55.9 Å². The number of nitrogens with one attached hydrogen (secondary N) is 7. The lowest BCUT2D eigenvalue weighted by molar-refractivity contribution is -0.148. The average molecular weight is 969 g/mol. The summed E-state index contributed by atoms with van der Waals surface area (Å²) in [4.78, 5) is 122. The number of H-pyrrole nitrogens is 1. The van der Waals surface area contributed by atoms with Crippen LogP contribution in [0.4, 0.5) is 0 Å². The lowest BCUT2D eigenvalue weighted by Crippen LogP contribution is -2.62. The van der Waals surface area contributed by atoms with Crippen LogP contribution in [0.1, 0.15) is 91.3 Å². The van der Waals surface area contributed by atoms with E-state index in [0.29, 0.717) is 36.9 Å². The molecule has 1 fully saturated rings. The largest absolute Gasteiger partial charge is 0.508 e. The first-order valence-corrected chi connectivity index (χ1v) is 23.4. The van der Waals surface area contributed by atoms with Crippen LogP contribution in [0, 0.1) is 17.8 Å². The Morgan fingerprint density at radius 1 is 0.812 bits per heavy atom. The van der Waals surface area contributed by atoms with Crippen LogP contribution >= 0.6 is 0 Å². The zero-order valence-corrected chi connectivity index (χ0v) is 40.6. The van der Waals surface area contributed by atoms with Gasteiger partial charge in [-0.1, -0.05) is 66.5 Å². The van der Waals surface area contributed by atoms with Crippen LogP contribution in [-0.4, -0.2) is 147 Å². The summed E-state index contributed by atoms with van der Waals surface area (Å²) in [5.74, 6) is -7.14. The number of benzene rings is 1. The number of phenols is 1. The van der Waals surface area contributed by atoms with Gasteiger partial charge in [0.1, 0.15) is 54.6 Å². The third-order valence-corrected chi connectivity index (χ3v) is 12.2. The molecular formula is C46H72N12O11. The number of imidazole rings is 1. The number of aliphatic imine (C=N–C) groups is 1. The van der Waals surface area contributed by atoms with E-state index in [0.717, 1.165) is 0 Å². The monoisotopic (exact) mass is 969 g/mol. The third kappa shape index (κ3) is 17.4. The van der Waals surface area contributed by atoms with Gasteiger partial charge in [0, 0.05) is 37.8 Å². The number of carbonyl (C=O) groups excluding carboxylic acids is 8. The molecule has 0 bridgehead atoms. The fraction of sp³-hybridized carbons (Fsp3) is 0.609. The molecule has 13 N–H and O–H groups in total. The fourth-order valence-corrected chi connectivity index (χ4v) is 7.72. The number of hydrogen-bond acceptors (Lipinski definition) is 13. The molecule has 1 aliphatic rings. The van der Waals surface area contributed by atoms with Gasteiger partial charge in [-0.15, -0.1) is 0 Å². The molecule has 69 heavy (non-hydrogen) atoms. The number of rotatable bonds is 27. The maximum absolute atomic E-state index is 14.5. The number of aromatic amines is 1. The topological polar surface area (TPSA) is 355 Å². The van der Waals surface area contributed by atoms with Crippen LogP contribution < -0.4 is 43.4 Å². The molecule has 7 amide bonds. The first-order chi connectivity index (χ1) is 32.7. The smallest absolute Gasteiger partial charge is 0.328 e. The summed E-state index contributed by atoms with van der Waals surface area (Å²) in [5.41, 5.74) is 11.8. The summed E-state index contributed by atoms with van der Waals surface area (Å²) >= 11 is 0. The van der Waals surface area contributed by atoms with Gasteiger partial charge in [0.05, 0.1) is 13.4 Å². The Morgan fingerprint density at radius 2 is 1.42 bits per heavy atom. The molecule has 9 atom stereocenters. The highest BCUT2D eigenvalue weighted by Gasteiger charge is 2.41. The van der Waals surface area contributed by atoms with E-state index >= 15 is 0 Å². The Hall–Kier alpha value is -6.78. The molecule has 0 aliphatic carbocycles. The SMILES string of the molecule is CCC(C)[C@H](NC(=O)[C@H](Cc1ccc(O)cc1)NC(=O)[C@@H](NC(=O)[C@H](CCCN=C(N)N)NC(=O)CO)C(C)C)C(=O)N[C@@H](Cc1cnc[nH]1)C(=O)N1CCC[C@H]1C(=O)N[C@H](C(=O)OC)C(C)CC. The van der Waals surface area contributed by atoms with Crippen molar-refractivity contribution in [1.82, 2.24) is 46.8 Å². The van der Waals surface area contributed by atoms with E-state index in [1.54, 1.807) is 39.8 Å². The van der Waals surface area contributed by atoms with Gasteiger partial charge in [-0.3, -0.25) is 38.6 Å². The summed E-state index contributed by atoms with van der Waals surface area (Å²) in [6, 6.07) is -2.30. The highest BCUT2D eigenvalue weighted by molar-refractivity contribution is 5.98. The Kier molecular flexibility index (Phi) is 22.9. The van der Waals surface area contributed by atoms with Crippen molar-refractivity contribution in [3.8, 4) is 5.75 Å². The van der Waals surface area contributed by atoms with Gasteiger partial charge in [-0.05, 0) is 61.1 Å². The van der Waals surface area contributed by atoms with Crippen molar-refractivity contribution in [2.75, 3.05) is 26.8 Å². The van der Waals surface area contributed by atoms with Crippen LogP contribution in [0.2, 0.25) is 0 Å². The summed E-state index contributed by atoms with van der Waals surface area (Å²) in [6.07, 6.45) is 4.76. The van der Waals surface area contributed by atoms with E-state index < -0.39 is 108 Å². The van der Waals surface area contributed by atoms with Crippen molar-refractivity contribution in [2.45, 2.75) is 135 Å². The molecule has 1 aliphatic heterocycles.